The van der Waals surface area contributed by atoms with Gasteiger partial charge in [0.25, 0.3) is 0 Å². The van der Waals surface area contributed by atoms with Gasteiger partial charge < -0.3 is 105 Å². The fourth-order valence-electron chi connectivity index (χ4n) is 11.2. The van der Waals surface area contributed by atoms with Crippen LogP contribution in [-0.4, -0.2) is 261 Å². The number of fused-ring (bicyclic) bond motifs is 2. The van der Waals surface area contributed by atoms with Crippen LogP contribution in [0.4, 0.5) is 0 Å². The Bertz CT molecular complexity index is 2210. The summed E-state index contributed by atoms with van der Waals surface area (Å²) in [6.07, 6.45) is -1.68. The fourth-order valence-corrected chi connectivity index (χ4v) is 11.2. The first kappa shape index (κ1) is 71.1. The number of nitrogens with one attached hydrogen (secondary N) is 1. The van der Waals surface area contributed by atoms with Crippen molar-refractivity contribution in [3.8, 4) is 0 Å². The number of carbonyl (C=O) groups excluding carboxylic acids is 2. The van der Waals surface area contributed by atoms with Gasteiger partial charge in [-0.05, 0) is 46.1 Å². The number of cyclic esters (lactones) is 1. The Kier molecular flexibility index (Phi) is 28.9. The maximum absolute atomic E-state index is 14.7. The normalized spacial score (nSPS) is 44.8. The Labute approximate surface area is 492 Å². The monoisotopic (exact) mass is 1200 g/mol. The minimum Gasteiger partial charge on any atom is -0.462 e. The van der Waals surface area contributed by atoms with Crippen LogP contribution >= 0.6 is 0 Å². The Morgan fingerprint density at radius 1 is 0.655 bits per heavy atom. The third kappa shape index (κ3) is 21.3. The molecule has 84 heavy (non-hydrogen) atoms. The molecule has 478 valence electrons. The molecule has 5 aliphatic heterocycles. The van der Waals surface area contributed by atoms with Crippen LogP contribution in [0.5, 0.6) is 0 Å². The van der Waals surface area contributed by atoms with Crippen LogP contribution in [0.15, 0.2) is 85.1 Å². The van der Waals surface area contributed by atoms with Crippen molar-refractivity contribution >= 4 is 11.9 Å². The third-order valence-electron chi connectivity index (χ3n) is 16.5. The molecule has 0 saturated carbocycles. The molecular formula is C60H97N3O21. The summed E-state index contributed by atoms with van der Waals surface area (Å²) in [7, 11) is 0. The molecule has 0 spiro atoms. The summed E-state index contributed by atoms with van der Waals surface area (Å²) in [5.74, 6) is -8.11. The first-order chi connectivity index (χ1) is 39.8. The van der Waals surface area contributed by atoms with Crippen LogP contribution in [0.3, 0.4) is 0 Å². The molecule has 4 fully saturated rings. The molecule has 24 heteroatoms. The number of aliphatic hydroxyl groups is 14. The maximum Gasteiger partial charge on any atom is 0.308 e. The second-order valence-corrected chi connectivity index (χ2v) is 23.4. The summed E-state index contributed by atoms with van der Waals surface area (Å²) in [4.78, 5) is 31.3. The lowest BCUT2D eigenvalue weighted by molar-refractivity contribution is -0.323. The molecular weight excluding hydrogens is 1100 g/mol. The second kappa shape index (κ2) is 34.2. The van der Waals surface area contributed by atoms with E-state index in [2.05, 4.69) is 17.1 Å². The minimum absolute atomic E-state index is 0.124. The van der Waals surface area contributed by atoms with E-state index in [1.165, 1.54) is 6.92 Å². The van der Waals surface area contributed by atoms with Crippen molar-refractivity contribution in [1.29, 1.82) is 0 Å². The number of piperazine rings is 1. The number of hydrogen-bond acceptors (Lipinski definition) is 23. The third-order valence-corrected chi connectivity index (χ3v) is 16.5. The van der Waals surface area contributed by atoms with Crippen molar-refractivity contribution in [2.45, 2.75) is 214 Å². The number of aliphatic hydroxyl groups excluding tert-OH is 12. The molecule has 0 radical (unpaired) electrons. The van der Waals surface area contributed by atoms with Crippen molar-refractivity contribution in [2.24, 2.45) is 17.8 Å². The molecule has 0 aromatic rings. The molecule has 15 N–H and O–H groups in total. The van der Waals surface area contributed by atoms with Crippen LogP contribution in [0.1, 0.15) is 92.4 Å². The Hall–Kier alpha value is -3.68. The Morgan fingerprint density at radius 3 is 1.88 bits per heavy atom. The number of ether oxygens (including phenoxy) is 5. The van der Waals surface area contributed by atoms with Gasteiger partial charge in [0.2, 0.25) is 11.7 Å². The lowest BCUT2D eigenvalue weighted by Crippen LogP contribution is -2.69. The maximum atomic E-state index is 14.7. The van der Waals surface area contributed by atoms with E-state index in [1.807, 2.05) is 13.0 Å². The summed E-state index contributed by atoms with van der Waals surface area (Å²) in [6, 6.07) is -1.34. The van der Waals surface area contributed by atoms with Gasteiger partial charge in [-0.2, -0.15) is 0 Å². The highest BCUT2D eigenvalue weighted by Gasteiger charge is 2.53. The van der Waals surface area contributed by atoms with Gasteiger partial charge >= 0.3 is 5.97 Å². The van der Waals surface area contributed by atoms with E-state index in [4.69, 9.17) is 23.7 Å². The number of nitrogens with zero attached hydrogens (tertiary/aromatic N) is 2. The van der Waals surface area contributed by atoms with E-state index in [0.29, 0.717) is 26.2 Å². The summed E-state index contributed by atoms with van der Waals surface area (Å²) < 4.78 is 29.7. The van der Waals surface area contributed by atoms with Crippen molar-refractivity contribution in [3.63, 3.8) is 0 Å². The number of rotatable bonds is 8. The molecule has 0 aromatic heterocycles. The van der Waals surface area contributed by atoms with E-state index in [-0.39, 0.29) is 31.6 Å². The van der Waals surface area contributed by atoms with Crippen LogP contribution in [0.2, 0.25) is 0 Å². The summed E-state index contributed by atoms with van der Waals surface area (Å²) in [5.41, 5.74) is 0. The average molecular weight is 1200 g/mol. The van der Waals surface area contributed by atoms with Gasteiger partial charge in [0.1, 0.15) is 30.5 Å². The van der Waals surface area contributed by atoms with Gasteiger partial charge in [-0.25, -0.2) is 0 Å². The zero-order valence-corrected chi connectivity index (χ0v) is 49.0. The van der Waals surface area contributed by atoms with E-state index < -0.39 is 184 Å². The molecule has 5 rings (SSSR count). The van der Waals surface area contributed by atoms with Crippen molar-refractivity contribution in [3.05, 3.63) is 85.1 Å². The van der Waals surface area contributed by atoms with Crippen LogP contribution < -0.4 is 5.32 Å². The topological polar surface area (TPSA) is 382 Å². The van der Waals surface area contributed by atoms with Crippen molar-refractivity contribution in [1.82, 2.24) is 15.1 Å². The lowest BCUT2D eigenvalue weighted by Gasteiger charge is -2.48. The largest absolute Gasteiger partial charge is 0.462 e. The van der Waals surface area contributed by atoms with Crippen LogP contribution in [0, 0.1) is 17.8 Å². The molecule has 2 bridgehead atoms. The van der Waals surface area contributed by atoms with Gasteiger partial charge in [0, 0.05) is 63.7 Å². The Morgan fingerprint density at radius 2 is 1.26 bits per heavy atom. The quantitative estimate of drug-likeness (QED) is 0.124. The first-order valence-electron chi connectivity index (χ1n) is 29.6. The zero-order chi connectivity index (χ0) is 61.9. The summed E-state index contributed by atoms with van der Waals surface area (Å²) >= 11 is 0. The van der Waals surface area contributed by atoms with Gasteiger partial charge in [0.05, 0.1) is 98.7 Å². The molecule has 5 heterocycles. The van der Waals surface area contributed by atoms with Crippen LogP contribution in [-0.2, 0) is 33.3 Å². The predicted molar refractivity (Wildman–Crippen MR) is 305 cm³/mol. The SMILES string of the molecule is CCCN1CCN(C(=O)C2C3C[C@@H](OC4O[C@H](C)[C@@H](O)[C@H](NC[C@@]5(O)OC[C@@H](O)[C@H](O)[C@@H]5O)[C@@H]4O)/C=C/C=C/C=C/C=C/C=C/C=C/C=C/[C@H](C)[C@@H](O)C(C)[C@H](C)OC(=O)C[C@H](O)C[C@H](O)CC[C@@H](O)[C@H](O)C[C@H](O)C[C@](O)(C[C@@H]2O)O3)CC1. The highest BCUT2D eigenvalue weighted by Crippen LogP contribution is 2.39. The number of allylic oxidation sites excluding steroid dienone is 12. The molecule has 0 aliphatic carbocycles. The average Bonchev–Trinajstić information content (AvgIpc) is 2.91. The molecule has 1 amide bonds. The predicted octanol–water partition coefficient (Wildman–Crippen LogP) is -1.39. The fraction of sp³-hybridized carbons (Fsp3) is 0.733. The van der Waals surface area contributed by atoms with Crippen LogP contribution in [0.25, 0.3) is 0 Å². The number of amides is 1. The highest BCUT2D eigenvalue weighted by atomic mass is 16.7. The first-order valence-corrected chi connectivity index (χ1v) is 29.6. The minimum atomic E-state index is -2.46. The number of carbonyl (C=O) groups is 2. The smallest absolute Gasteiger partial charge is 0.308 e. The molecule has 24 nitrogen and oxygen atoms in total. The second-order valence-electron chi connectivity index (χ2n) is 23.4. The van der Waals surface area contributed by atoms with Gasteiger partial charge in [-0.1, -0.05) is 106 Å². The molecule has 4 saturated heterocycles. The standard InChI is InChI=1S/C60H97N3O21/c1-6-23-62-24-26-63(27-25-62)57(77)50-46(69)33-59(78)32-42(66)29-45(68)44(67)22-21-40(64)28-41(65)30-49(71)81-38(4)37(3)52(72)36(2)19-17-15-13-11-9-7-8-10-12-14-16-18-20-43(31-48(50)84-59)83-58-55(75)51(53(73)39(5)82-58)61-35-60(79)56(76)54(74)47(70)34-80-60/h7-20,36-48,50-56,58,61,64-70,72-76,78-79H,6,21-35H2,1-5H3/b8-7+,11-9+,12-10+,15-13+,16-14+,19-17+,20-18+/t36-,37?,38-,39+,40+,41+,42-,43-,44+,45+,46-,47+,48?,50?,51-,52+,53+,54-,55-,56-,58?,59+,60+/m0/s1. The van der Waals surface area contributed by atoms with Gasteiger partial charge in [-0.3, -0.25) is 14.5 Å². The summed E-state index contributed by atoms with van der Waals surface area (Å²) in [5, 5.41) is 158. The van der Waals surface area contributed by atoms with E-state index >= 15 is 0 Å². The number of hydrogen-bond donors (Lipinski definition) is 15. The lowest BCUT2D eigenvalue weighted by atomic mass is 9.81. The molecule has 4 unspecified atom stereocenters. The molecule has 23 atom stereocenters. The highest BCUT2D eigenvalue weighted by molar-refractivity contribution is 5.80. The Balaban J connectivity index is 1.44. The van der Waals surface area contributed by atoms with Gasteiger partial charge in [0.15, 0.2) is 12.1 Å². The van der Waals surface area contributed by atoms with Gasteiger partial charge in [-0.15, -0.1) is 0 Å². The zero-order valence-electron chi connectivity index (χ0n) is 49.0. The molecule has 5 aliphatic rings. The van der Waals surface area contributed by atoms with E-state index in [0.717, 1.165) is 13.0 Å². The molecule has 0 aromatic carbocycles. The van der Waals surface area contributed by atoms with E-state index in [1.54, 1.807) is 97.7 Å². The van der Waals surface area contributed by atoms with E-state index in [9.17, 15) is 81.1 Å². The summed E-state index contributed by atoms with van der Waals surface area (Å²) in [6.45, 7) is 10.2. The van der Waals surface area contributed by atoms with Crippen molar-refractivity contribution in [2.75, 3.05) is 45.9 Å². The van der Waals surface area contributed by atoms with Crippen molar-refractivity contribution < 1.29 is 105 Å². The number of esters is 1.